The van der Waals surface area contributed by atoms with Crippen molar-refractivity contribution in [3.05, 3.63) is 30.6 Å². The Labute approximate surface area is 121 Å². The fourth-order valence-corrected chi connectivity index (χ4v) is 2.15. The number of anilines is 1. The van der Waals surface area contributed by atoms with E-state index in [-0.39, 0.29) is 12.5 Å². The number of carbonyl (C=O) groups excluding carboxylic acids is 1. The lowest BCUT2D eigenvalue weighted by atomic mass is 10.2. The van der Waals surface area contributed by atoms with E-state index in [4.69, 9.17) is 15.2 Å². The number of carbonyl (C=O) groups is 1. The highest BCUT2D eigenvalue weighted by Crippen LogP contribution is 2.35. The first-order valence-corrected chi connectivity index (χ1v) is 6.51. The Morgan fingerprint density at radius 1 is 1.38 bits per heavy atom. The number of nitrogens with two attached hydrogens (primary N) is 1. The van der Waals surface area contributed by atoms with Crippen LogP contribution in [-0.4, -0.2) is 35.4 Å². The summed E-state index contributed by atoms with van der Waals surface area (Å²) in [5.41, 5.74) is 6.39. The van der Waals surface area contributed by atoms with E-state index in [0.717, 1.165) is 0 Å². The van der Waals surface area contributed by atoms with Crippen LogP contribution in [0.5, 0.6) is 17.2 Å². The molecule has 7 nitrogen and oxygen atoms in total. The number of rotatable bonds is 2. The molecule has 0 saturated carbocycles. The number of likely N-dealkylation sites (N-methyl/N-ethyl adjacent to an activating group) is 1. The molecule has 1 atom stereocenters. The summed E-state index contributed by atoms with van der Waals surface area (Å²) >= 11 is 0. The van der Waals surface area contributed by atoms with E-state index in [9.17, 15) is 4.79 Å². The smallest absolute Gasteiger partial charge is 0.247 e. The Hall–Kier alpha value is -2.54. The number of amides is 1. The van der Waals surface area contributed by atoms with Crippen LogP contribution in [0.4, 0.5) is 5.69 Å². The molecular weight excluding hydrogens is 272 g/mol. The molecule has 1 aliphatic rings. The van der Waals surface area contributed by atoms with Crippen molar-refractivity contribution in [2.45, 2.75) is 6.04 Å². The Morgan fingerprint density at radius 3 is 2.90 bits per heavy atom. The van der Waals surface area contributed by atoms with Crippen LogP contribution >= 0.6 is 0 Å². The topological polar surface area (TPSA) is 82.6 Å². The summed E-state index contributed by atoms with van der Waals surface area (Å²) < 4.78 is 12.9. The van der Waals surface area contributed by atoms with Gasteiger partial charge in [0, 0.05) is 20.2 Å². The zero-order valence-corrected chi connectivity index (χ0v) is 11.8. The van der Waals surface area contributed by atoms with E-state index in [0.29, 0.717) is 22.9 Å². The van der Waals surface area contributed by atoms with Crippen LogP contribution in [0.3, 0.4) is 0 Å². The summed E-state index contributed by atoms with van der Waals surface area (Å²) in [6, 6.07) is 4.63. The predicted molar refractivity (Wildman–Crippen MR) is 76.6 cm³/mol. The van der Waals surface area contributed by atoms with Gasteiger partial charge in [0.25, 0.3) is 0 Å². The zero-order chi connectivity index (χ0) is 15.0. The summed E-state index contributed by atoms with van der Waals surface area (Å²) in [4.78, 5) is 13.5. The molecule has 0 fully saturated rings. The summed E-state index contributed by atoms with van der Waals surface area (Å²) in [6.07, 6.45) is 3.37. The third kappa shape index (κ3) is 2.55. The average molecular weight is 288 g/mol. The van der Waals surface area contributed by atoms with Crippen LogP contribution < -0.4 is 20.1 Å². The van der Waals surface area contributed by atoms with Crippen molar-refractivity contribution in [1.29, 1.82) is 0 Å². The van der Waals surface area contributed by atoms with Crippen molar-refractivity contribution >= 4 is 11.6 Å². The third-order valence-corrected chi connectivity index (χ3v) is 3.27. The molecule has 1 amide bonds. The highest BCUT2D eigenvalue weighted by Gasteiger charge is 2.26. The number of hydrogen-bond acceptors (Lipinski definition) is 5. The number of hydrogen-bond donors (Lipinski definition) is 1. The highest BCUT2D eigenvalue weighted by atomic mass is 16.5. The van der Waals surface area contributed by atoms with Crippen LogP contribution in [0.25, 0.3) is 0 Å². The largest absolute Gasteiger partial charge is 0.489 e. The number of aromatic nitrogens is 2. The molecule has 21 heavy (non-hydrogen) atoms. The van der Waals surface area contributed by atoms with Gasteiger partial charge in [-0.1, -0.05) is 0 Å². The number of aryl methyl sites for hydroxylation is 1. The second-order valence-electron chi connectivity index (χ2n) is 4.90. The van der Waals surface area contributed by atoms with Gasteiger partial charge < -0.3 is 20.1 Å². The molecule has 2 aromatic rings. The van der Waals surface area contributed by atoms with Gasteiger partial charge in [-0.3, -0.25) is 9.48 Å². The van der Waals surface area contributed by atoms with Gasteiger partial charge in [0.2, 0.25) is 5.91 Å². The third-order valence-electron chi connectivity index (χ3n) is 3.27. The van der Waals surface area contributed by atoms with Gasteiger partial charge in [-0.15, -0.1) is 0 Å². The Kier molecular flexibility index (Phi) is 3.26. The standard InChI is InChI=1S/C14H16N4O3/c1-17-7-10(6-16-17)21-9-3-4-13-12(5-9)18(2)14(19)11(15)8-20-13/h3-7,11H,8,15H2,1-2H3/t11-/m0/s1. The zero-order valence-electron chi connectivity index (χ0n) is 11.8. The summed E-state index contributed by atoms with van der Waals surface area (Å²) in [6.45, 7) is 0.166. The first-order valence-electron chi connectivity index (χ1n) is 6.51. The van der Waals surface area contributed by atoms with Crippen LogP contribution in [-0.2, 0) is 11.8 Å². The molecule has 7 heteroatoms. The van der Waals surface area contributed by atoms with Crippen LogP contribution in [0.2, 0.25) is 0 Å². The molecule has 1 aromatic heterocycles. The van der Waals surface area contributed by atoms with Crippen molar-refractivity contribution in [3.8, 4) is 17.2 Å². The number of fused-ring (bicyclic) bond motifs is 1. The molecule has 0 radical (unpaired) electrons. The fourth-order valence-electron chi connectivity index (χ4n) is 2.15. The Morgan fingerprint density at radius 2 is 2.19 bits per heavy atom. The average Bonchev–Trinajstić information content (AvgIpc) is 2.84. The summed E-state index contributed by atoms with van der Waals surface area (Å²) in [7, 11) is 3.48. The van der Waals surface area contributed by atoms with Gasteiger partial charge in [0.15, 0.2) is 5.75 Å². The molecule has 2 N–H and O–H groups in total. The SMILES string of the molecule is CN1C(=O)[C@@H](N)COc2ccc(Oc3cnn(C)c3)cc21. The Balaban J connectivity index is 1.91. The van der Waals surface area contributed by atoms with Crippen molar-refractivity contribution in [1.82, 2.24) is 9.78 Å². The molecule has 3 rings (SSSR count). The molecular formula is C14H16N4O3. The lowest BCUT2D eigenvalue weighted by Gasteiger charge is -2.18. The lowest BCUT2D eigenvalue weighted by Crippen LogP contribution is -2.43. The van der Waals surface area contributed by atoms with E-state index in [2.05, 4.69) is 5.10 Å². The van der Waals surface area contributed by atoms with E-state index >= 15 is 0 Å². The fraction of sp³-hybridized carbons (Fsp3) is 0.286. The van der Waals surface area contributed by atoms with Gasteiger partial charge in [0.1, 0.15) is 24.1 Å². The minimum Gasteiger partial charge on any atom is -0.489 e. The molecule has 0 bridgehead atoms. The highest BCUT2D eigenvalue weighted by molar-refractivity contribution is 5.98. The number of nitrogens with zero attached hydrogens (tertiary/aromatic N) is 3. The maximum atomic E-state index is 12.0. The lowest BCUT2D eigenvalue weighted by molar-refractivity contribution is -0.119. The van der Waals surface area contributed by atoms with E-state index in [1.54, 1.807) is 42.3 Å². The summed E-state index contributed by atoms with van der Waals surface area (Å²) in [5.74, 6) is 1.64. The second kappa shape index (κ2) is 5.10. The minimum absolute atomic E-state index is 0.166. The van der Waals surface area contributed by atoms with Crippen molar-refractivity contribution < 1.29 is 14.3 Å². The monoisotopic (exact) mass is 288 g/mol. The molecule has 1 aliphatic heterocycles. The second-order valence-corrected chi connectivity index (χ2v) is 4.90. The molecule has 0 saturated heterocycles. The van der Waals surface area contributed by atoms with Crippen molar-refractivity contribution in [2.75, 3.05) is 18.6 Å². The summed E-state index contributed by atoms with van der Waals surface area (Å²) in [5, 5.41) is 4.04. The van der Waals surface area contributed by atoms with Crippen LogP contribution in [0.15, 0.2) is 30.6 Å². The predicted octanol–water partition coefficient (Wildman–Crippen LogP) is 0.895. The normalized spacial score (nSPS) is 18.0. The minimum atomic E-state index is -0.662. The quantitative estimate of drug-likeness (QED) is 0.887. The molecule has 0 aliphatic carbocycles. The molecule has 2 heterocycles. The van der Waals surface area contributed by atoms with Crippen molar-refractivity contribution in [2.24, 2.45) is 12.8 Å². The molecule has 0 spiro atoms. The molecule has 0 unspecified atom stereocenters. The van der Waals surface area contributed by atoms with Gasteiger partial charge in [0.05, 0.1) is 18.1 Å². The Bertz CT molecular complexity index is 683. The number of benzene rings is 1. The van der Waals surface area contributed by atoms with E-state index in [1.165, 1.54) is 4.90 Å². The van der Waals surface area contributed by atoms with Gasteiger partial charge in [-0.05, 0) is 12.1 Å². The first kappa shape index (κ1) is 13.4. The van der Waals surface area contributed by atoms with Gasteiger partial charge >= 0.3 is 0 Å². The van der Waals surface area contributed by atoms with Crippen LogP contribution in [0.1, 0.15) is 0 Å². The van der Waals surface area contributed by atoms with E-state index in [1.807, 2.05) is 7.05 Å². The maximum Gasteiger partial charge on any atom is 0.247 e. The van der Waals surface area contributed by atoms with Gasteiger partial charge in [-0.25, -0.2) is 0 Å². The van der Waals surface area contributed by atoms with E-state index < -0.39 is 6.04 Å². The molecule has 1 aromatic carbocycles. The van der Waals surface area contributed by atoms with Crippen molar-refractivity contribution in [3.63, 3.8) is 0 Å². The maximum absolute atomic E-state index is 12.0. The van der Waals surface area contributed by atoms with Gasteiger partial charge in [-0.2, -0.15) is 5.10 Å². The first-order chi connectivity index (χ1) is 10.0. The molecule has 110 valence electrons. The number of ether oxygens (including phenoxy) is 2. The van der Waals surface area contributed by atoms with Crippen LogP contribution in [0, 0.1) is 0 Å².